The number of hydrogen-bond acceptors (Lipinski definition) is 4. The lowest BCUT2D eigenvalue weighted by Crippen LogP contribution is -2.54. The van der Waals surface area contributed by atoms with Gasteiger partial charge in [-0.2, -0.15) is 13.2 Å². The van der Waals surface area contributed by atoms with Crippen molar-refractivity contribution in [2.75, 3.05) is 6.54 Å². The molecule has 1 aromatic carbocycles. The van der Waals surface area contributed by atoms with Gasteiger partial charge in [0.1, 0.15) is 11.9 Å². The van der Waals surface area contributed by atoms with Gasteiger partial charge in [-0.1, -0.05) is 6.07 Å². The summed E-state index contributed by atoms with van der Waals surface area (Å²) in [5.41, 5.74) is -1.28. The Labute approximate surface area is 134 Å². The number of hydrogen-bond donors (Lipinski definition) is 0. The second kappa shape index (κ2) is 6.66. The quantitative estimate of drug-likeness (QED) is 0.748. The maximum atomic E-state index is 13.6. The summed E-state index contributed by atoms with van der Waals surface area (Å²) < 4.78 is 51.2. The van der Waals surface area contributed by atoms with Crippen LogP contribution in [0.2, 0.25) is 0 Å². The van der Waals surface area contributed by atoms with Crippen molar-refractivity contribution in [3.63, 3.8) is 0 Å². The van der Waals surface area contributed by atoms with Gasteiger partial charge >= 0.3 is 6.18 Å². The van der Waals surface area contributed by atoms with E-state index in [2.05, 4.69) is 0 Å². The van der Waals surface area contributed by atoms with E-state index in [0.717, 1.165) is 11.0 Å². The molecular weight excluding hydrogens is 334 g/mol. The maximum Gasteiger partial charge on any atom is 0.419 e. The number of carbonyl (C=O) groups is 2. The Morgan fingerprint density at radius 2 is 1.92 bits per heavy atom. The monoisotopic (exact) mass is 347 g/mol. The summed E-state index contributed by atoms with van der Waals surface area (Å²) in [6.07, 6.45) is -6.46. The largest absolute Gasteiger partial charge is 0.550 e. The standard InChI is InChI=1S/C15H15F4NO4/c16-12-6-8(1-2-11(12)15(17,18)19)5-10-7-9(13(21)22)3-4-20(10)14(23)24/h1-2,6,9-10H,3-5,7H2,(H,21,22)(H,23,24)/p-2. The molecule has 0 spiro atoms. The van der Waals surface area contributed by atoms with Crippen LogP contribution >= 0.6 is 0 Å². The molecule has 1 fully saturated rings. The average Bonchev–Trinajstić information content (AvgIpc) is 2.45. The Morgan fingerprint density at radius 3 is 2.42 bits per heavy atom. The summed E-state index contributed by atoms with van der Waals surface area (Å²) in [4.78, 5) is 23.0. The predicted octanol–water partition coefficient (Wildman–Crippen LogP) is 0.561. The first kappa shape index (κ1) is 18.0. The van der Waals surface area contributed by atoms with Crippen molar-refractivity contribution in [1.29, 1.82) is 0 Å². The molecule has 2 rings (SSSR count). The van der Waals surface area contributed by atoms with Gasteiger partial charge in [-0.3, -0.25) is 0 Å². The highest BCUT2D eigenvalue weighted by Crippen LogP contribution is 2.32. The number of carboxylic acids is 1. The molecular formula is C15H13F4NO4-2. The summed E-state index contributed by atoms with van der Waals surface area (Å²) in [6, 6.07) is 1.47. The highest BCUT2D eigenvalue weighted by Gasteiger charge is 2.34. The maximum absolute atomic E-state index is 13.6. The Kier molecular flexibility index (Phi) is 5.00. The second-order valence-electron chi connectivity index (χ2n) is 5.67. The van der Waals surface area contributed by atoms with E-state index < -0.39 is 41.6 Å². The molecule has 0 bridgehead atoms. The number of halogens is 4. The molecule has 1 aromatic rings. The Morgan fingerprint density at radius 1 is 1.25 bits per heavy atom. The van der Waals surface area contributed by atoms with E-state index >= 15 is 0 Å². The minimum Gasteiger partial charge on any atom is -0.550 e. The van der Waals surface area contributed by atoms with Crippen LogP contribution < -0.4 is 10.2 Å². The molecule has 0 aromatic heterocycles. The first-order valence-electron chi connectivity index (χ1n) is 7.13. The van der Waals surface area contributed by atoms with Gasteiger partial charge in [0.15, 0.2) is 0 Å². The molecule has 0 aliphatic carbocycles. The summed E-state index contributed by atoms with van der Waals surface area (Å²) in [6.45, 7) is -0.0885. The molecule has 1 aliphatic heterocycles. The molecule has 0 N–H and O–H groups in total. The van der Waals surface area contributed by atoms with Gasteiger partial charge in [0.05, 0.1) is 5.56 Å². The fourth-order valence-corrected chi connectivity index (χ4v) is 2.89. The van der Waals surface area contributed by atoms with Crippen LogP contribution in [0.1, 0.15) is 24.0 Å². The number of alkyl halides is 3. The van der Waals surface area contributed by atoms with E-state index in [9.17, 15) is 37.4 Å². The molecule has 1 aliphatic rings. The minimum atomic E-state index is -4.83. The number of rotatable bonds is 3. The van der Waals surface area contributed by atoms with Crippen molar-refractivity contribution in [3.8, 4) is 0 Å². The van der Waals surface area contributed by atoms with Crippen molar-refractivity contribution in [2.24, 2.45) is 5.92 Å². The first-order valence-corrected chi connectivity index (χ1v) is 7.13. The van der Waals surface area contributed by atoms with Gasteiger partial charge in [0.25, 0.3) is 0 Å². The number of likely N-dealkylation sites (tertiary alicyclic amines) is 1. The predicted molar refractivity (Wildman–Crippen MR) is 68.7 cm³/mol. The zero-order chi connectivity index (χ0) is 18.1. The van der Waals surface area contributed by atoms with Crippen LogP contribution in [0.25, 0.3) is 0 Å². The molecule has 2 atom stereocenters. The van der Waals surface area contributed by atoms with E-state index in [1.807, 2.05) is 0 Å². The fraction of sp³-hybridized carbons (Fsp3) is 0.467. The molecule has 24 heavy (non-hydrogen) atoms. The van der Waals surface area contributed by atoms with Gasteiger partial charge in [-0.05, 0) is 37.0 Å². The zero-order valence-corrected chi connectivity index (χ0v) is 12.3. The van der Waals surface area contributed by atoms with E-state index in [1.165, 1.54) is 0 Å². The number of carboxylic acid groups (broad SMARTS) is 2. The number of amides is 1. The fourth-order valence-electron chi connectivity index (χ4n) is 2.89. The van der Waals surface area contributed by atoms with E-state index in [0.29, 0.717) is 12.1 Å². The van der Waals surface area contributed by atoms with Crippen molar-refractivity contribution in [3.05, 3.63) is 35.1 Å². The van der Waals surface area contributed by atoms with Crippen molar-refractivity contribution >= 4 is 12.1 Å². The minimum absolute atomic E-state index is 0.0637. The summed E-state index contributed by atoms with van der Waals surface area (Å²) in [7, 11) is 0. The number of aliphatic carboxylic acids is 1. The summed E-state index contributed by atoms with van der Waals surface area (Å²) in [5.74, 6) is -3.66. The van der Waals surface area contributed by atoms with Crippen LogP contribution in [0.5, 0.6) is 0 Å². The van der Waals surface area contributed by atoms with Crippen LogP contribution in [-0.4, -0.2) is 29.5 Å². The van der Waals surface area contributed by atoms with Crippen molar-refractivity contribution in [2.45, 2.75) is 31.5 Å². The number of carbonyl (C=O) groups excluding carboxylic acids is 2. The average molecular weight is 347 g/mol. The van der Waals surface area contributed by atoms with Crippen LogP contribution in [0.15, 0.2) is 18.2 Å². The number of piperidine rings is 1. The van der Waals surface area contributed by atoms with Crippen molar-refractivity contribution in [1.82, 2.24) is 4.90 Å². The highest BCUT2D eigenvalue weighted by atomic mass is 19.4. The molecule has 1 heterocycles. The third-order valence-electron chi connectivity index (χ3n) is 4.09. The molecule has 1 amide bonds. The molecule has 9 heteroatoms. The molecule has 132 valence electrons. The number of benzene rings is 1. The molecule has 0 saturated carbocycles. The first-order chi connectivity index (χ1) is 11.1. The Hall–Kier alpha value is -2.32. The van der Waals surface area contributed by atoms with Crippen molar-refractivity contribution < 1.29 is 37.4 Å². The summed E-state index contributed by atoms with van der Waals surface area (Å²) >= 11 is 0. The topological polar surface area (TPSA) is 83.5 Å². The van der Waals surface area contributed by atoms with Crippen LogP contribution in [0.3, 0.4) is 0 Å². The molecule has 2 unspecified atom stereocenters. The van der Waals surface area contributed by atoms with E-state index in [-0.39, 0.29) is 31.4 Å². The van der Waals surface area contributed by atoms with E-state index in [1.54, 1.807) is 0 Å². The van der Waals surface area contributed by atoms with Crippen LogP contribution in [0, 0.1) is 11.7 Å². The lowest BCUT2D eigenvalue weighted by atomic mass is 9.87. The smallest absolute Gasteiger partial charge is 0.419 e. The summed E-state index contributed by atoms with van der Waals surface area (Å²) in [5, 5.41) is 22.1. The van der Waals surface area contributed by atoms with Gasteiger partial charge < -0.3 is 24.7 Å². The normalized spacial score (nSPS) is 21.6. The third-order valence-corrected chi connectivity index (χ3v) is 4.09. The molecule has 0 radical (unpaired) electrons. The SMILES string of the molecule is O=C([O-])C1CCN(C(=O)[O-])C(Cc2ccc(C(F)(F)F)c(F)c2)C1. The third kappa shape index (κ3) is 3.95. The Balaban J connectivity index is 2.21. The lowest BCUT2D eigenvalue weighted by molar-refractivity contribution is -0.314. The van der Waals surface area contributed by atoms with E-state index in [4.69, 9.17) is 0 Å². The van der Waals surface area contributed by atoms with Gasteiger partial charge in [-0.15, -0.1) is 0 Å². The molecule has 1 saturated heterocycles. The van der Waals surface area contributed by atoms with Gasteiger partial charge in [0.2, 0.25) is 0 Å². The van der Waals surface area contributed by atoms with Crippen LogP contribution in [-0.2, 0) is 17.4 Å². The molecule has 5 nitrogen and oxygen atoms in total. The Bertz CT molecular complexity index is 647. The van der Waals surface area contributed by atoms with Gasteiger partial charge in [-0.25, -0.2) is 4.39 Å². The zero-order valence-electron chi connectivity index (χ0n) is 12.3. The van der Waals surface area contributed by atoms with Crippen LogP contribution in [0.4, 0.5) is 22.4 Å². The van der Waals surface area contributed by atoms with Gasteiger partial charge in [0, 0.05) is 24.5 Å². The highest BCUT2D eigenvalue weighted by molar-refractivity contribution is 5.69. The number of nitrogens with zero attached hydrogens (tertiary/aromatic N) is 1. The lowest BCUT2D eigenvalue weighted by Gasteiger charge is -2.41. The second-order valence-corrected chi connectivity index (χ2v) is 5.67.